The predicted molar refractivity (Wildman–Crippen MR) is 144 cm³/mol. The van der Waals surface area contributed by atoms with Crippen molar-refractivity contribution in [3.8, 4) is 17.0 Å². The highest BCUT2D eigenvalue weighted by Crippen LogP contribution is 2.44. The second-order valence-electron chi connectivity index (χ2n) is 10.7. The fraction of sp³-hybridized carbons (Fsp3) is 0.467. The van der Waals surface area contributed by atoms with Crippen LogP contribution in [0.5, 0.6) is 5.75 Å². The third-order valence-corrected chi connectivity index (χ3v) is 7.85. The molecule has 6 rings (SSSR count). The van der Waals surface area contributed by atoms with E-state index in [1.807, 2.05) is 50.2 Å². The number of aromatic nitrogens is 1. The molecule has 3 aromatic rings. The van der Waals surface area contributed by atoms with E-state index in [0.717, 1.165) is 72.0 Å². The fourth-order valence-corrected chi connectivity index (χ4v) is 5.26. The van der Waals surface area contributed by atoms with Crippen LogP contribution in [-0.4, -0.2) is 35.3 Å². The van der Waals surface area contributed by atoms with E-state index in [1.165, 1.54) is 6.42 Å². The molecule has 1 heterocycles. The molecular weight excluding hydrogens is 466 g/mol. The van der Waals surface area contributed by atoms with E-state index in [0.29, 0.717) is 24.3 Å². The molecule has 3 aliphatic carbocycles. The lowest BCUT2D eigenvalue weighted by Crippen LogP contribution is -2.26. The lowest BCUT2D eigenvalue weighted by Gasteiger charge is -2.30. The lowest BCUT2D eigenvalue weighted by molar-refractivity contribution is 0.0952. The molecule has 2 aromatic carbocycles. The zero-order chi connectivity index (χ0) is 25.5. The molecule has 1 unspecified atom stereocenters. The van der Waals surface area contributed by atoms with Crippen molar-refractivity contribution in [3.63, 3.8) is 0 Å². The molecule has 0 radical (unpaired) electrons. The zero-order valence-corrected chi connectivity index (χ0v) is 21.6. The molecule has 3 aliphatic rings. The predicted octanol–water partition coefficient (Wildman–Crippen LogP) is 6.67. The van der Waals surface area contributed by atoms with Crippen LogP contribution in [-0.2, 0) is 4.74 Å². The number of anilines is 1. The summed E-state index contributed by atoms with van der Waals surface area (Å²) in [5.41, 5.74) is 4.31. The van der Waals surface area contributed by atoms with Crippen LogP contribution in [0, 0.1) is 5.92 Å². The number of fused-ring (bicyclic) bond motifs is 1. The second kappa shape index (κ2) is 9.77. The normalized spacial score (nSPS) is 18.2. The van der Waals surface area contributed by atoms with Crippen molar-refractivity contribution in [2.75, 3.05) is 11.9 Å². The Balaban J connectivity index is 1.38. The molecular formula is C30H35N3O4. The maximum absolute atomic E-state index is 13.6. The highest BCUT2D eigenvalue weighted by atomic mass is 16.6. The Kier molecular flexibility index (Phi) is 6.31. The van der Waals surface area contributed by atoms with Crippen LogP contribution in [0.25, 0.3) is 22.2 Å². The molecule has 7 nitrogen and oxygen atoms in total. The van der Waals surface area contributed by atoms with Crippen LogP contribution in [0.15, 0.2) is 42.5 Å². The number of hydrogen-bond acceptors (Lipinski definition) is 4. The maximum atomic E-state index is 13.6. The van der Waals surface area contributed by atoms with Gasteiger partial charge in [0.2, 0.25) is 0 Å². The largest absolute Gasteiger partial charge is 0.494 e. The molecule has 3 fully saturated rings. The Bertz CT molecular complexity index is 1320. The number of ether oxygens (including phenoxy) is 2. The summed E-state index contributed by atoms with van der Waals surface area (Å²) in [6.45, 7) is 4.52. The Labute approximate surface area is 217 Å². The van der Waals surface area contributed by atoms with Crippen molar-refractivity contribution >= 4 is 28.6 Å². The molecule has 3 saturated carbocycles. The van der Waals surface area contributed by atoms with Gasteiger partial charge in [-0.05, 0) is 94.5 Å². The minimum absolute atomic E-state index is 0.0235. The summed E-state index contributed by atoms with van der Waals surface area (Å²) in [5, 5.41) is 7.01. The molecule has 0 spiro atoms. The zero-order valence-electron chi connectivity index (χ0n) is 21.6. The van der Waals surface area contributed by atoms with Crippen molar-refractivity contribution in [2.24, 2.45) is 5.92 Å². The first-order valence-electron chi connectivity index (χ1n) is 13.7. The molecule has 1 atom stereocenters. The van der Waals surface area contributed by atoms with E-state index in [2.05, 4.69) is 21.3 Å². The van der Waals surface area contributed by atoms with Crippen molar-refractivity contribution in [1.29, 1.82) is 0 Å². The Hall–Kier alpha value is -3.48. The smallest absolute Gasteiger partial charge is 0.411 e. The first-order chi connectivity index (χ1) is 18.0. The Morgan fingerprint density at radius 2 is 1.78 bits per heavy atom. The van der Waals surface area contributed by atoms with Gasteiger partial charge in [-0.1, -0.05) is 12.1 Å². The fourth-order valence-electron chi connectivity index (χ4n) is 5.26. The Morgan fingerprint density at radius 1 is 1.03 bits per heavy atom. The molecule has 1 aromatic heterocycles. The summed E-state index contributed by atoms with van der Waals surface area (Å²) in [6, 6.07) is 14.4. The minimum atomic E-state index is -0.427. The van der Waals surface area contributed by atoms with Gasteiger partial charge in [-0.2, -0.15) is 0 Å². The van der Waals surface area contributed by atoms with Gasteiger partial charge in [0.05, 0.1) is 23.4 Å². The van der Waals surface area contributed by atoms with E-state index < -0.39 is 6.09 Å². The quantitative estimate of drug-likeness (QED) is 0.343. The van der Waals surface area contributed by atoms with E-state index in [1.54, 1.807) is 0 Å². The number of rotatable bonds is 9. The van der Waals surface area contributed by atoms with E-state index in [9.17, 15) is 9.59 Å². The van der Waals surface area contributed by atoms with E-state index in [4.69, 9.17) is 9.47 Å². The van der Waals surface area contributed by atoms with Crippen LogP contribution < -0.4 is 15.4 Å². The van der Waals surface area contributed by atoms with Crippen LogP contribution in [0.4, 0.5) is 10.5 Å². The van der Waals surface area contributed by atoms with Crippen LogP contribution in [0.1, 0.15) is 75.2 Å². The molecule has 2 amide bonds. The average Bonchev–Trinajstić information content (AvgIpc) is 3.77. The first kappa shape index (κ1) is 23.9. The lowest BCUT2D eigenvalue weighted by atomic mass is 9.92. The first-order valence-corrected chi connectivity index (χ1v) is 13.7. The van der Waals surface area contributed by atoms with E-state index >= 15 is 0 Å². The highest BCUT2D eigenvalue weighted by Gasteiger charge is 2.33. The maximum Gasteiger partial charge on any atom is 0.411 e. The third kappa shape index (κ3) is 4.91. The van der Waals surface area contributed by atoms with Crippen molar-refractivity contribution in [1.82, 2.24) is 9.88 Å². The number of hydrogen-bond donors (Lipinski definition) is 2. The summed E-state index contributed by atoms with van der Waals surface area (Å²) in [4.78, 5) is 26.0. The summed E-state index contributed by atoms with van der Waals surface area (Å²) in [5.74, 6) is 1.28. The van der Waals surface area contributed by atoms with Crippen LogP contribution in [0.2, 0.25) is 0 Å². The number of carbonyl (C=O) groups excluding carboxylic acids is 2. The molecule has 7 heteroatoms. The van der Waals surface area contributed by atoms with Gasteiger partial charge in [0, 0.05) is 29.2 Å². The Morgan fingerprint density at radius 3 is 2.41 bits per heavy atom. The minimum Gasteiger partial charge on any atom is -0.494 e. The highest BCUT2D eigenvalue weighted by molar-refractivity contribution is 6.13. The topological polar surface area (TPSA) is 81.6 Å². The van der Waals surface area contributed by atoms with E-state index in [-0.39, 0.29) is 18.1 Å². The second-order valence-corrected chi connectivity index (χ2v) is 10.7. The van der Waals surface area contributed by atoms with Gasteiger partial charge in [0.1, 0.15) is 11.9 Å². The molecule has 194 valence electrons. The summed E-state index contributed by atoms with van der Waals surface area (Å²) in [7, 11) is 0. The SMILES string of the molecule is CCOc1ccc2c(C(=O)NC3CC3)c(-c3ccc(NC(=O)OC(C)C4CC4)cc3)n(C3CCC3)c2c1. The summed E-state index contributed by atoms with van der Waals surface area (Å²) < 4.78 is 13.7. The molecule has 0 bridgehead atoms. The number of benzene rings is 2. The monoisotopic (exact) mass is 501 g/mol. The number of nitrogens with zero attached hydrogens (tertiary/aromatic N) is 1. The number of nitrogens with one attached hydrogen (secondary N) is 2. The molecule has 2 N–H and O–H groups in total. The number of amides is 2. The molecule has 37 heavy (non-hydrogen) atoms. The molecule has 0 saturated heterocycles. The summed E-state index contributed by atoms with van der Waals surface area (Å²) in [6.07, 6.45) is 7.19. The van der Waals surface area contributed by atoms with Crippen LogP contribution in [0.3, 0.4) is 0 Å². The van der Waals surface area contributed by atoms with Crippen LogP contribution >= 0.6 is 0 Å². The van der Waals surface area contributed by atoms with Crippen molar-refractivity contribution < 1.29 is 19.1 Å². The van der Waals surface area contributed by atoms with Gasteiger partial charge in [-0.3, -0.25) is 10.1 Å². The van der Waals surface area contributed by atoms with Gasteiger partial charge in [0.25, 0.3) is 5.91 Å². The van der Waals surface area contributed by atoms with Crippen molar-refractivity contribution in [2.45, 2.75) is 77.0 Å². The number of carbonyl (C=O) groups is 2. The standard InChI is InChI=1S/C30H35N3O4/c1-3-36-24-15-16-25-26(17-24)33(23-5-4-6-23)28(27(25)29(34)31-21-13-14-21)20-9-11-22(12-10-20)32-30(35)37-18(2)19-7-8-19/h9-12,15-19,21,23H,3-8,13-14H2,1-2H3,(H,31,34)(H,32,35). The summed E-state index contributed by atoms with van der Waals surface area (Å²) >= 11 is 0. The van der Waals surface area contributed by atoms with Gasteiger partial charge in [-0.25, -0.2) is 4.79 Å². The third-order valence-electron chi connectivity index (χ3n) is 7.85. The van der Waals surface area contributed by atoms with Gasteiger partial charge in [-0.15, -0.1) is 0 Å². The molecule has 0 aliphatic heterocycles. The average molecular weight is 502 g/mol. The van der Waals surface area contributed by atoms with Gasteiger partial charge < -0.3 is 19.4 Å². The van der Waals surface area contributed by atoms with Crippen molar-refractivity contribution in [3.05, 3.63) is 48.0 Å². The van der Waals surface area contributed by atoms with Gasteiger partial charge in [0.15, 0.2) is 0 Å². The van der Waals surface area contributed by atoms with Gasteiger partial charge >= 0.3 is 6.09 Å².